The van der Waals surface area contributed by atoms with Crippen LogP contribution in [0, 0.1) is 6.92 Å². The van der Waals surface area contributed by atoms with Crippen molar-refractivity contribution in [2.45, 2.75) is 13.8 Å². The molecule has 0 saturated carbocycles. The molecule has 0 unspecified atom stereocenters. The molecule has 3 nitrogen and oxygen atoms in total. The molecular weight excluding hydrogens is 256 g/mol. The van der Waals surface area contributed by atoms with Crippen molar-refractivity contribution in [1.82, 2.24) is 4.90 Å². The van der Waals surface area contributed by atoms with E-state index < -0.39 is 0 Å². The van der Waals surface area contributed by atoms with Gasteiger partial charge in [-0.3, -0.25) is 4.79 Å². The zero-order valence-electron chi connectivity index (χ0n) is 9.87. The summed E-state index contributed by atoms with van der Waals surface area (Å²) < 4.78 is 0. The summed E-state index contributed by atoms with van der Waals surface area (Å²) in [6.07, 6.45) is 0. The number of hydrogen-bond donors (Lipinski definition) is 1. The molecule has 1 rings (SSSR count). The van der Waals surface area contributed by atoms with E-state index in [2.05, 4.69) is 0 Å². The molecule has 0 fully saturated rings. The van der Waals surface area contributed by atoms with Gasteiger partial charge < -0.3 is 10.6 Å². The highest BCUT2D eigenvalue weighted by Gasteiger charge is 2.15. The fraction of sp³-hybridized carbons (Fsp3) is 0.333. The van der Waals surface area contributed by atoms with Gasteiger partial charge in [-0.25, -0.2) is 0 Å². The predicted octanol–water partition coefficient (Wildman–Crippen LogP) is 2.40. The first-order valence-electron chi connectivity index (χ1n) is 5.29. The van der Waals surface area contributed by atoms with Crippen molar-refractivity contribution in [3.8, 4) is 0 Å². The molecule has 17 heavy (non-hydrogen) atoms. The van der Waals surface area contributed by atoms with Crippen molar-refractivity contribution in [3.05, 3.63) is 34.3 Å². The number of thiocarbonyl (C=S) groups is 1. The van der Waals surface area contributed by atoms with E-state index in [0.717, 1.165) is 5.56 Å². The molecule has 0 saturated heterocycles. The lowest BCUT2D eigenvalue weighted by Gasteiger charge is -2.20. The van der Waals surface area contributed by atoms with Gasteiger partial charge in [-0.2, -0.15) is 0 Å². The van der Waals surface area contributed by atoms with Crippen LogP contribution in [0.3, 0.4) is 0 Å². The molecular formula is C12H15ClN2OS. The summed E-state index contributed by atoms with van der Waals surface area (Å²) in [7, 11) is 0. The van der Waals surface area contributed by atoms with Crippen LogP contribution in [0.1, 0.15) is 22.8 Å². The first-order chi connectivity index (χ1) is 7.95. The Morgan fingerprint density at radius 3 is 2.65 bits per heavy atom. The molecule has 0 bridgehead atoms. The Morgan fingerprint density at radius 2 is 2.18 bits per heavy atom. The summed E-state index contributed by atoms with van der Waals surface area (Å²) in [6, 6.07) is 5.25. The molecule has 1 aromatic rings. The van der Waals surface area contributed by atoms with Gasteiger partial charge in [0.15, 0.2) is 0 Å². The number of rotatable bonds is 4. The molecule has 0 spiro atoms. The Balaban J connectivity index is 2.93. The second-order valence-corrected chi connectivity index (χ2v) is 4.68. The number of nitrogens with zero attached hydrogens (tertiary/aromatic N) is 1. The van der Waals surface area contributed by atoms with E-state index in [1.54, 1.807) is 17.0 Å². The molecule has 0 aromatic heterocycles. The largest absolute Gasteiger partial charge is 0.392 e. The number of benzene rings is 1. The Hall–Kier alpha value is -1.13. The van der Waals surface area contributed by atoms with Crippen molar-refractivity contribution in [3.63, 3.8) is 0 Å². The van der Waals surface area contributed by atoms with Crippen LogP contribution < -0.4 is 5.73 Å². The number of hydrogen-bond acceptors (Lipinski definition) is 2. The van der Waals surface area contributed by atoms with E-state index >= 15 is 0 Å². The van der Waals surface area contributed by atoms with Crippen LogP contribution in [-0.2, 0) is 0 Å². The van der Waals surface area contributed by atoms with E-state index in [0.29, 0.717) is 22.1 Å². The molecule has 5 heteroatoms. The van der Waals surface area contributed by atoms with Gasteiger partial charge in [0.25, 0.3) is 5.91 Å². The van der Waals surface area contributed by atoms with E-state index in [-0.39, 0.29) is 12.5 Å². The van der Waals surface area contributed by atoms with Crippen LogP contribution in [0.2, 0.25) is 5.02 Å². The van der Waals surface area contributed by atoms with Gasteiger partial charge in [-0.15, -0.1) is 0 Å². The number of halogens is 1. The number of nitrogens with two attached hydrogens (primary N) is 1. The van der Waals surface area contributed by atoms with Crippen LogP contribution in [0.4, 0.5) is 0 Å². The van der Waals surface area contributed by atoms with Gasteiger partial charge in [0.1, 0.15) is 0 Å². The van der Waals surface area contributed by atoms with E-state index in [4.69, 9.17) is 29.6 Å². The smallest absolute Gasteiger partial charge is 0.254 e. The van der Waals surface area contributed by atoms with Crippen molar-refractivity contribution in [2.75, 3.05) is 13.1 Å². The van der Waals surface area contributed by atoms with Crippen LogP contribution in [0.5, 0.6) is 0 Å². The zero-order valence-corrected chi connectivity index (χ0v) is 11.4. The maximum absolute atomic E-state index is 12.1. The predicted molar refractivity (Wildman–Crippen MR) is 74.6 cm³/mol. The summed E-state index contributed by atoms with van der Waals surface area (Å²) in [5.41, 5.74) is 6.95. The third kappa shape index (κ3) is 3.68. The van der Waals surface area contributed by atoms with E-state index in [1.165, 1.54) is 0 Å². The highest BCUT2D eigenvalue weighted by molar-refractivity contribution is 7.80. The van der Waals surface area contributed by atoms with Crippen molar-refractivity contribution < 1.29 is 4.79 Å². The monoisotopic (exact) mass is 270 g/mol. The minimum absolute atomic E-state index is 0.109. The van der Waals surface area contributed by atoms with Crippen molar-refractivity contribution >= 4 is 34.7 Å². The normalized spacial score (nSPS) is 10.1. The van der Waals surface area contributed by atoms with Gasteiger partial charge in [0, 0.05) is 17.1 Å². The Morgan fingerprint density at radius 1 is 1.53 bits per heavy atom. The molecule has 0 atom stereocenters. The van der Waals surface area contributed by atoms with Gasteiger partial charge in [-0.05, 0) is 31.5 Å². The lowest BCUT2D eigenvalue weighted by molar-refractivity contribution is 0.0788. The standard InChI is InChI=1S/C12H15ClN2OS/c1-3-15(7-11(14)17)12(16)9-5-4-8(2)10(13)6-9/h4-6H,3,7H2,1-2H3,(H2,14,17). The van der Waals surface area contributed by atoms with Crippen LogP contribution >= 0.6 is 23.8 Å². The summed E-state index contributed by atoms with van der Waals surface area (Å²) >= 11 is 10.8. The average Bonchev–Trinajstić information content (AvgIpc) is 2.28. The van der Waals surface area contributed by atoms with Gasteiger partial charge in [0.2, 0.25) is 0 Å². The molecule has 0 radical (unpaired) electrons. The lowest BCUT2D eigenvalue weighted by atomic mass is 10.1. The Labute approximate surface area is 112 Å². The number of aryl methyl sites for hydroxylation is 1. The van der Waals surface area contributed by atoms with Crippen molar-refractivity contribution in [1.29, 1.82) is 0 Å². The molecule has 0 aliphatic heterocycles. The highest BCUT2D eigenvalue weighted by atomic mass is 35.5. The van der Waals surface area contributed by atoms with E-state index in [9.17, 15) is 4.79 Å². The number of amides is 1. The highest BCUT2D eigenvalue weighted by Crippen LogP contribution is 2.17. The SMILES string of the molecule is CCN(CC(N)=S)C(=O)c1ccc(C)c(Cl)c1. The van der Waals surface area contributed by atoms with Gasteiger partial charge in [0.05, 0.1) is 11.5 Å². The molecule has 0 heterocycles. The third-order valence-corrected chi connectivity index (χ3v) is 2.97. The van der Waals surface area contributed by atoms with Crippen LogP contribution in [-0.4, -0.2) is 28.9 Å². The fourth-order valence-electron chi connectivity index (χ4n) is 1.42. The molecule has 92 valence electrons. The summed E-state index contributed by atoms with van der Waals surface area (Å²) in [4.78, 5) is 14.0. The summed E-state index contributed by atoms with van der Waals surface area (Å²) in [6.45, 7) is 4.62. The van der Waals surface area contributed by atoms with Crippen LogP contribution in [0.15, 0.2) is 18.2 Å². The Bertz CT molecular complexity index is 448. The topological polar surface area (TPSA) is 46.3 Å². The first kappa shape index (κ1) is 13.9. The first-order valence-corrected chi connectivity index (χ1v) is 6.08. The number of carbonyl (C=O) groups excluding carboxylic acids is 1. The summed E-state index contributed by atoms with van der Waals surface area (Å²) in [5.74, 6) is -0.109. The van der Waals surface area contributed by atoms with Gasteiger partial charge >= 0.3 is 0 Å². The van der Waals surface area contributed by atoms with E-state index in [1.807, 2.05) is 19.9 Å². The van der Waals surface area contributed by atoms with Gasteiger partial charge in [-0.1, -0.05) is 29.9 Å². The molecule has 0 aliphatic carbocycles. The molecule has 0 aliphatic rings. The second-order valence-electron chi connectivity index (χ2n) is 3.75. The zero-order chi connectivity index (χ0) is 13.0. The number of likely N-dealkylation sites (N-methyl/N-ethyl adjacent to an activating group) is 1. The molecule has 1 amide bonds. The Kier molecular flexibility index (Phi) is 4.90. The quantitative estimate of drug-likeness (QED) is 0.855. The average molecular weight is 271 g/mol. The fourth-order valence-corrected chi connectivity index (χ4v) is 1.76. The second kappa shape index (κ2) is 5.98. The molecule has 2 N–H and O–H groups in total. The maximum atomic E-state index is 12.1. The van der Waals surface area contributed by atoms with Crippen molar-refractivity contribution in [2.24, 2.45) is 5.73 Å². The minimum Gasteiger partial charge on any atom is -0.392 e. The number of carbonyl (C=O) groups is 1. The van der Waals surface area contributed by atoms with Crippen LogP contribution in [0.25, 0.3) is 0 Å². The maximum Gasteiger partial charge on any atom is 0.254 e. The third-order valence-electron chi connectivity index (χ3n) is 2.43. The molecule has 1 aromatic carbocycles. The summed E-state index contributed by atoms with van der Waals surface area (Å²) in [5, 5.41) is 0.585. The minimum atomic E-state index is -0.109. The lowest BCUT2D eigenvalue weighted by Crippen LogP contribution is -2.37.